The zero-order valence-corrected chi connectivity index (χ0v) is 12.0. The van der Waals surface area contributed by atoms with Gasteiger partial charge in [0.1, 0.15) is 0 Å². The molecule has 0 aliphatic rings. The van der Waals surface area contributed by atoms with Crippen molar-refractivity contribution in [3.05, 3.63) is 70.7 Å². The lowest BCUT2D eigenvalue weighted by Crippen LogP contribution is -2.30. The van der Waals surface area contributed by atoms with Crippen LogP contribution in [0.25, 0.3) is 0 Å². The van der Waals surface area contributed by atoms with Crippen LogP contribution in [0.5, 0.6) is 0 Å². The summed E-state index contributed by atoms with van der Waals surface area (Å²) < 4.78 is 0. The number of rotatable bonds is 5. The topological polar surface area (TPSA) is 26.0 Å². The Balaban J connectivity index is 2.09. The van der Waals surface area contributed by atoms with Gasteiger partial charge in [-0.15, -0.1) is 0 Å². The molecule has 0 aliphatic carbocycles. The van der Waals surface area contributed by atoms with Gasteiger partial charge in [-0.3, -0.25) is 0 Å². The molecule has 2 unspecified atom stereocenters. The summed E-state index contributed by atoms with van der Waals surface area (Å²) in [6.45, 7) is 2.19. The second-order valence-corrected chi connectivity index (χ2v) is 5.36. The minimum atomic E-state index is 0.133. The minimum Gasteiger partial charge on any atom is -0.327 e. The van der Waals surface area contributed by atoms with Crippen molar-refractivity contribution in [2.24, 2.45) is 5.73 Å². The lowest BCUT2D eigenvalue weighted by atomic mass is 9.86. The molecule has 0 saturated carbocycles. The van der Waals surface area contributed by atoms with Crippen molar-refractivity contribution >= 4 is 11.6 Å². The second kappa shape index (κ2) is 6.74. The van der Waals surface area contributed by atoms with E-state index in [0.717, 1.165) is 17.9 Å². The highest BCUT2D eigenvalue weighted by Gasteiger charge is 2.18. The van der Waals surface area contributed by atoms with Gasteiger partial charge in [-0.25, -0.2) is 0 Å². The van der Waals surface area contributed by atoms with Crippen molar-refractivity contribution in [1.29, 1.82) is 0 Å². The molecule has 2 rings (SSSR count). The SMILES string of the molecule is CCC(c1ccccc1)C(N)Cc1ccc(Cl)cc1. The van der Waals surface area contributed by atoms with E-state index in [1.165, 1.54) is 11.1 Å². The minimum absolute atomic E-state index is 0.133. The van der Waals surface area contributed by atoms with Crippen LogP contribution in [-0.2, 0) is 6.42 Å². The number of benzene rings is 2. The molecule has 0 saturated heterocycles. The molecule has 0 radical (unpaired) electrons. The largest absolute Gasteiger partial charge is 0.327 e. The molecule has 1 nitrogen and oxygen atoms in total. The van der Waals surface area contributed by atoms with E-state index in [4.69, 9.17) is 17.3 Å². The monoisotopic (exact) mass is 273 g/mol. The molecular formula is C17H20ClN. The normalized spacial score (nSPS) is 14.1. The van der Waals surface area contributed by atoms with E-state index in [1.807, 2.05) is 18.2 Å². The molecule has 0 spiro atoms. The number of hydrogen-bond acceptors (Lipinski definition) is 1. The van der Waals surface area contributed by atoms with Gasteiger partial charge in [0, 0.05) is 11.1 Å². The first-order chi connectivity index (χ1) is 9.20. The maximum Gasteiger partial charge on any atom is 0.0406 e. The van der Waals surface area contributed by atoms with Crippen molar-refractivity contribution < 1.29 is 0 Å². The predicted octanol–water partition coefficient (Wildman–Crippen LogP) is 4.40. The molecule has 2 heteroatoms. The van der Waals surface area contributed by atoms with Crippen LogP contribution in [0.15, 0.2) is 54.6 Å². The number of hydrogen-bond donors (Lipinski definition) is 1. The van der Waals surface area contributed by atoms with Gasteiger partial charge in [0.2, 0.25) is 0 Å². The summed E-state index contributed by atoms with van der Waals surface area (Å²) in [6, 6.07) is 18.6. The molecule has 2 aromatic rings. The summed E-state index contributed by atoms with van der Waals surface area (Å²) in [6.07, 6.45) is 1.93. The lowest BCUT2D eigenvalue weighted by Gasteiger charge is -2.23. The maximum atomic E-state index is 6.40. The van der Waals surface area contributed by atoms with Crippen LogP contribution in [0.4, 0.5) is 0 Å². The lowest BCUT2D eigenvalue weighted by molar-refractivity contribution is 0.515. The third kappa shape index (κ3) is 3.82. The molecule has 0 bridgehead atoms. The van der Waals surface area contributed by atoms with Crippen LogP contribution in [0.1, 0.15) is 30.4 Å². The highest BCUT2D eigenvalue weighted by molar-refractivity contribution is 6.30. The first-order valence-corrected chi connectivity index (χ1v) is 7.13. The molecular weight excluding hydrogens is 254 g/mol. The molecule has 19 heavy (non-hydrogen) atoms. The van der Waals surface area contributed by atoms with Crippen LogP contribution in [0.3, 0.4) is 0 Å². The van der Waals surface area contributed by atoms with Gasteiger partial charge in [-0.2, -0.15) is 0 Å². The summed E-state index contributed by atoms with van der Waals surface area (Å²) in [5.41, 5.74) is 8.96. The summed E-state index contributed by atoms with van der Waals surface area (Å²) in [5.74, 6) is 0.400. The van der Waals surface area contributed by atoms with Crippen molar-refractivity contribution in [1.82, 2.24) is 0 Å². The van der Waals surface area contributed by atoms with E-state index in [1.54, 1.807) is 0 Å². The standard InChI is InChI=1S/C17H20ClN/c1-2-16(14-6-4-3-5-7-14)17(19)12-13-8-10-15(18)11-9-13/h3-11,16-17H,2,12,19H2,1H3. The molecule has 0 aliphatic heterocycles. The number of halogens is 1. The fourth-order valence-corrected chi connectivity index (χ4v) is 2.65. The Hall–Kier alpha value is -1.31. The molecule has 0 amide bonds. The van der Waals surface area contributed by atoms with Crippen LogP contribution < -0.4 is 5.73 Å². The van der Waals surface area contributed by atoms with Crippen LogP contribution in [-0.4, -0.2) is 6.04 Å². The second-order valence-electron chi connectivity index (χ2n) is 4.92. The number of nitrogens with two attached hydrogens (primary N) is 1. The van der Waals surface area contributed by atoms with E-state index in [-0.39, 0.29) is 6.04 Å². The van der Waals surface area contributed by atoms with Crippen LogP contribution >= 0.6 is 11.6 Å². The molecule has 0 aromatic heterocycles. The van der Waals surface area contributed by atoms with E-state index < -0.39 is 0 Å². The van der Waals surface area contributed by atoms with Crippen molar-refractivity contribution in [3.63, 3.8) is 0 Å². The van der Waals surface area contributed by atoms with Gasteiger partial charge in [-0.05, 0) is 42.0 Å². The van der Waals surface area contributed by atoms with Crippen LogP contribution in [0, 0.1) is 0 Å². The smallest absolute Gasteiger partial charge is 0.0406 e. The Kier molecular flexibility index (Phi) is 5.00. The van der Waals surface area contributed by atoms with Crippen molar-refractivity contribution in [2.45, 2.75) is 31.7 Å². The first-order valence-electron chi connectivity index (χ1n) is 6.75. The molecule has 100 valence electrons. The highest BCUT2D eigenvalue weighted by atomic mass is 35.5. The average Bonchev–Trinajstić information content (AvgIpc) is 2.43. The van der Waals surface area contributed by atoms with Gasteiger partial charge in [0.25, 0.3) is 0 Å². The van der Waals surface area contributed by atoms with Gasteiger partial charge >= 0.3 is 0 Å². The predicted molar refractivity (Wildman–Crippen MR) is 82.6 cm³/mol. The zero-order chi connectivity index (χ0) is 13.7. The molecule has 0 heterocycles. The fraction of sp³-hybridized carbons (Fsp3) is 0.294. The third-order valence-electron chi connectivity index (χ3n) is 3.57. The van der Waals surface area contributed by atoms with Crippen molar-refractivity contribution in [2.75, 3.05) is 0 Å². The molecule has 0 fully saturated rings. The highest BCUT2D eigenvalue weighted by Crippen LogP contribution is 2.24. The van der Waals surface area contributed by atoms with Gasteiger partial charge in [0.15, 0.2) is 0 Å². The quantitative estimate of drug-likeness (QED) is 0.858. The van der Waals surface area contributed by atoms with E-state index >= 15 is 0 Å². The van der Waals surface area contributed by atoms with E-state index in [9.17, 15) is 0 Å². The first kappa shape index (κ1) is 14.1. The zero-order valence-electron chi connectivity index (χ0n) is 11.2. The molecule has 2 aromatic carbocycles. The summed E-state index contributed by atoms with van der Waals surface area (Å²) in [5, 5.41) is 0.771. The van der Waals surface area contributed by atoms with Gasteiger partial charge in [0.05, 0.1) is 0 Å². The Morgan fingerprint density at radius 1 is 1.00 bits per heavy atom. The van der Waals surface area contributed by atoms with Crippen molar-refractivity contribution in [3.8, 4) is 0 Å². The fourth-order valence-electron chi connectivity index (χ4n) is 2.52. The third-order valence-corrected chi connectivity index (χ3v) is 3.82. The summed E-state index contributed by atoms with van der Waals surface area (Å²) in [4.78, 5) is 0. The van der Waals surface area contributed by atoms with Gasteiger partial charge < -0.3 is 5.73 Å². The average molecular weight is 274 g/mol. The Labute approximate surface area is 120 Å². The summed E-state index contributed by atoms with van der Waals surface area (Å²) >= 11 is 5.90. The van der Waals surface area contributed by atoms with Crippen LogP contribution in [0.2, 0.25) is 5.02 Å². The Morgan fingerprint density at radius 3 is 2.21 bits per heavy atom. The maximum absolute atomic E-state index is 6.40. The van der Waals surface area contributed by atoms with E-state index in [0.29, 0.717) is 5.92 Å². The van der Waals surface area contributed by atoms with Gasteiger partial charge in [-0.1, -0.05) is 61.0 Å². The Morgan fingerprint density at radius 2 is 1.63 bits per heavy atom. The molecule has 2 atom stereocenters. The summed E-state index contributed by atoms with van der Waals surface area (Å²) in [7, 11) is 0. The van der Waals surface area contributed by atoms with E-state index in [2.05, 4.69) is 43.3 Å². The Bertz CT molecular complexity index is 492. The molecule has 2 N–H and O–H groups in total.